The first-order valence-corrected chi connectivity index (χ1v) is 5.96. The normalized spacial score (nSPS) is 11.7. The third-order valence-electron chi connectivity index (χ3n) is 2.66. The van der Waals surface area contributed by atoms with Gasteiger partial charge in [-0.1, -0.05) is 13.0 Å². The van der Waals surface area contributed by atoms with Crippen LogP contribution in [0.2, 0.25) is 0 Å². The zero-order chi connectivity index (χ0) is 14.1. The van der Waals surface area contributed by atoms with E-state index in [1.165, 1.54) is 9.80 Å². The fourth-order valence-electron chi connectivity index (χ4n) is 1.50. The summed E-state index contributed by atoms with van der Waals surface area (Å²) in [6, 6.07) is -0.555. The molecule has 0 spiro atoms. The van der Waals surface area contributed by atoms with Crippen LogP contribution in [-0.4, -0.2) is 64.3 Å². The van der Waals surface area contributed by atoms with E-state index in [1.54, 1.807) is 13.0 Å². The van der Waals surface area contributed by atoms with Crippen LogP contribution < -0.4 is 0 Å². The van der Waals surface area contributed by atoms with Gasteiger partial charge in [0.2, 0.25) is 0 Å². The highest BCUT2D eigenvalue weighted by atomic mass is 16.4. The van der Waals surface area contributed by atoms with E-state index in [2.05, 4.69) is 6.58 Å². The van der Waals surface area contributed by atoms with Crippen molar-refractivity contribution in [3.63, 3.8) is 0 Å². The van der Waals surface area contributed by atoms with E-state index in [0.29, 0.717) is 6.42 Å². The standard InChI is InChI=1S/C12H22N2O4/c1-4-6-13(7-8-15)12(18)14(9-11(16)17)10(3)5-2/h4,10,15H,1,5-9H2,2-3H3,(H,16,17). The first-order chi connectivity index (χ1) is 8.47. The molecule has 1 atom stereocenters. The predicted octanol–water partition coefficient (Wildman–Crippen LogP) is 0.772. The molecule has 6 heteroatoms. The summed E-state index contributed by atoms with van der Waals surface area (Å²) in [6.45, 7) is 7.16. The number of nitrogens with zero attached hydrogens (tertiary/aromatic N) is 2. The van der Waals surface area contributed by atoms with Crippen LogP contribution in [0.5, 0.6) is 0 Å². The van der Waals surface area contributed by atoms with Gasteiger partial charge in [-0.2, -0.15) is 0 Å². The molecule has 104 valence electrons. The highest BCUT2D eigenvalue weighted by Crippen LogP contribution is 2.08. The van der Waals surface area contributed by atoms with Crippen molar-refractivity contribution in [1.82, 2.24) is 9.80 Å². The molecule has 0 aliphatic rings. The zero-order valence-electron chi connectivity index (χ0n) is 11.0. The van der Waals surface area contributed by atoms with Crippen LogP contribution in [0.1, 0.15) is 20.3 Å². The maximum atomic E-state index is 12.2. The highest BCUT2D eigenvalue weighted by molar-refractivity contribution is 5.80. The Morgan fingerprint density at radius 1 is 1.44 bits per heavy atom. The number of carboxylic acid groups (broad SMARTS) is 1. The number of carbonyl (C=O) groups is 2. The van der Waals surface area contributed by atoms with Crippen molar-refractivity contribution in [3.05, 3.63) is 12.7 Å². The Bertz CT molecular complexity index is 294. The number of rotatable bonds is 8. The summed E-state index contributed by atoms with van der Waals surface area (Å²) in [5, 5.41) is 17.7. The molecule has 0 fully saturated rings. The van der Waals surface area contributed by atoms with Gasteiger partial charge < -0.3 is 20.0 Å². The fourth-order valence-corrected chi connectivity index (χ4v) is 1.50. The van der Waals surface area contributed by atoms with Gasteiger partial charge in [0.05, 0.1) is 6.61 Å². The molecular weight excluding hydrogens is 236 g/mol. The number of carbonyl (C=O) groups excluding carboxylic acids is 1. The third kappa shape index (κ3) is 5.18. The molecule has 0 aliphatic heterocycles. The van der Waals surface area contributed by atoms with Crippen molar-refractivity contribution < 1.29 is 19.8 Å². The molecule has 0 aliphatic carbocycles. The second-order valence-corrected chi connectivity index (χ2v) is 4.02. The second kappa shape index (κ2) is 8.52. The lowest BCUT2D eigenvalue weighted by molar-refractivity contribution is -0.138. The summed E-state index contributed by atoms with van der Waals surface area (Å²) in [5.41, 5.74) is 0. The van der Waals surface area contributed by atoms with Gasteiger partial charge in [0.1, 0.15) is 6.54 Å². The molecule has 0 aromatic heterocycles. The fraction of sp³-hybridized carbons (Fsp3) is 0.667. The highest BCUT2D eigenvalue weighted by Gasteiger charge is 2.25. The van der Waals surface area contributed by atoms with E-state index < -0.39 is 5.97 Å². The summed E-state index contributed by atoms with van der Waals surface area (Å²) >= 11 is 0. The maximum Gasteiger partial charge on any atom is 0.323 e. The van der Waals surface area contributed by atoms with E-state index in [4.69, 9.17) is 10.2 Å². The minimum atomic E-state index is -1.05. The number of aliphatic carboxylic acids is 1. The van der Waals surface area contributed by atoms with Crippen molar-refractivity contribution in [2.75, 3.05) is 26.2 Å². The van der Waals surface area contributed by atoms with Crippen molar-refractivity contribution in [2.45, 2.75) is 26.3 Å². The average molecular weight is 258 g/mol. The summed E-state index contributed by atoms with van der Waals surface area (Å²) in [4.78, 5) is 25.6. The van der Waals surface area contributed by atoms with Gasteiger partial charge in [-0.3, -0.25) is 4.79 Å². The Kier molecular flexibility index (Phi) is 7.78. The third-order valence-corrected chi connectivity index (χ3v) is 2.66. The molecule has 18 heavy (non-hydrogen) atoms. The average Bonchev–Trinajstić information content (AvgIpc) is 2.33. The van der Waals surface area contributed by atoms with E-state index in [-0.39, 0.29) is 38.3 Å². The summed E-state index contributed by atoms with van der Waals surface area (Å²) in [6.07, 6.45) is 2.21. The van der Waals surface area contributed by atoms with Crippen LogP contribution in [0.15, 0.2) is 12.7 Å². The van der Waals surface area contributed by atoms with Gasteiger partial charge in [0, 0.05) is 19.1 Å². The summed E-state index contributed by atoms with van der Waals surface area (Å²) < 4.78 is 0. The number of hydrogen-bond donors (Lipinski definition) is 2. The minimum Gasteiger partial charge on any atom is -0.480 e. The molecule has 0 radical (unpaired) electrons. The van der Waals surface area contributed by atoms with E-state index in [0.717, 1.165) is 0 Å². The van der Waals surface area contributed by atoms with E-state index >= 15 is 0 Å². The second-order valence-electron chi connectivity index (χ2n) is 4.02. The Hall–Kier alpha value is -1.56. The smallest absolute Gasteiger partial charge is 0.323 e. The molecule has 0 bridgehead atoms. The van der Waals surface area contributed by atoms with Crippen LogP contribution in [0.4, 0.5) is 4.79 Å². The van der Waals surface area contributed by atoms with E-state index in [1.807, 2.05) is 6.92 Å². The molecule has 1 unspecified atom stereocenters. The van der Waals surface area contributed by atoms with Crippen molar-refractivity contribution in [3.8, 4) is 0 Å². The molecule has 0 rings (SSSR count). The first-order valence-electron chi connectivity index (χ1n) is 5.96. The van der Waals surface area contributed by atoms with Crippen molar-refractivity contribution in [2.24, 2.45) is 0 Å². The number of carboxylic acids is 1. The lowest BCUT2D eigenvalue weighted by Gasteiger charge is -2.32. The Morgan fingerprint density at radius 2 is 2.06 bits per heavy atom. The predicted molar refractivity (Wildman–Crippen MR) is 68.3 cm³/mol. The zero-order valence-corrected chi connectivity index (χ0v) is 11.0. The van der Waals surface area contributed by atoms with Gasteiger partial charge in [-0.25, -0.2) is 4.79 Å². The monoisotopic (exact) mass is 258 g/mol. The van der Waals surface area contributed by atoms with Gasteiger partial charge in [0.25, 0.3) is 0 Å². The topological polar surface area (TPSA) is 81.1 Å². The van der Waals surface area contributed by atoms with Crippen LogP contribution in [0.25, 0.3) is 0 Å². The van der Waals surface area contributed by atoms with Crippen LogP contribution in [0.3, 0.4) is 0 Å². The molecule has 0 aromatic carbocycles. The molecular formula is C12H22N2O4. The largest absolute Gasteiger partial charge is 0.480 e. The first kappa shape index (κ1) is 16.4. The van der Waals surface area contributed by atoms with Crippen molar-refractivity contribution in [1.29, 1.82) is 0 Å². The lowest BCUT2D eigenvalue weighted by Crippen LogP contribution is -2.50. The molecule has 0 saturated carbocycles. The van der Waals surface area contributed by atoms with Gasteiger partial charge in [0.15, 0.2) is 0 Å². The number of urea groups is 1. The van der Waals surface area contributed by atoms with Gasteiger partial charge in [-0.05, 0) is 13.3 Å². The summed E-state index contributed by atoms with van der Waals surface area (Å²) in [7, 11) is 0. The van der Waals surface area contributed by atoms with Crippen LogP contribution in [0, 0.1) is 0 Å². The van der Waals surface area contributed by atoms with Crippen LogP contribution >= 0.6 is 0 Å². The molecule has 6 nitrogen and oxygen atoms in total. The van der Waals surface area contributed by atoms with E-state index in [9.17, 15) is 9.59 Å². The molecule has 0 aromatic rings. The Labute approximate surface area is 107 Å². The molecule has 0 heterocycles. The quantitative estimate of drug-likeness (QED) is 0.630. The number of aliphatic hydroxyl groups is 1. The van der Waals surface area contributed by atoms with Gasteiger partial charge in [-0.15, -0.1) is 6.58 Å². The summed E-state index contributed by atoms with van der Waals surface area (Å²) in [5.74, 6) is -1.05. The molecule has 0 saturated heterocycles. The SMILES string of the molecule is C=CCN(CCO)C(=O)N(CC(=O)O)C(C)CC. The number of hydrogen-bond acceptors (Lipinski definition) is 3. The van der Waals surface area contributed by atoms with Gasteiger partial charge >= 0.3 is 12.0 Å². The molecule has 2 amide bonds. The molecule has 2 N–H and O–H groups in total. The minimum absolute atomic E-state index is 0.164. The number of aliphatic hydroxyl groups excluding tert-OH is 1. The van der Waals surface area contributed by atoms with Crippen molar-refractivity contribution >= 4 is 12.0 Å². The Morgan fingerprint density at radius 3 is 2.44 bits per heavy atom. The number of amides is 2. The van der Waals surface area contributed by atoms with Crippen LogP contribution in [-0.2, 0) is 4.79 Å². The lowest BCUT2D eigenvalue weighted by atomic mass is 10.2. The maximum absolute atomic E-state index is 12.2. The Balaban J connectivity index is 4.88.